The summed E-state index contributed by atoms with van der Waals surface area (Å²) in [5.74, 6) is 0.239. The van der Waals surface area contributed by atoms with Crippen molar-refractivity contribution in [3.63, 3.8) is 0 Å². The zero-order chi connectivity index (χ0) is 23.3. The third kappa shape index (κ3) is 6.23. The van der Waals surface area contributed by atoms with Crippen LogP contribution in [0, 0.1) is 12.8 Å². The van der Waals surface area contributed by atoms with Gasteiger partial charge in [0.15, 0.2) is 18.1 Å². The van der Waals surface area contributed by atoms with E-state index in [2.05, 4.69) is 16.0 Å². The second kappa shape index (κ2) is 10.2. The summed E-state index contributed by atoms with van der Waals surface area (Å²) in [6, 6.07) is 10.2. The summed E-state index contributed by atoms with van der Waals surface area (Å²) in [5.41, 5.74) is 2.48. The van der Waals surface area contributed by atoms with E-state index in [4.69, 9.17) is 9.47 Å². The quantitative estimate of drug-likeness (QED) is 0.555. The Morgan fingerprint density at radius 2 is 1.78 bits per heavy atom. The van der Waals surface area contributed by atoms with Gasteiger partial charge in [0.25, 0.3) is 11.8 Å². The smallest absolute Gasteiger partial charge is 0.258 e. The first kappa shape index (κ1) is 23.1. The van der Waals surface area contributed by atoms with Crippen molar-refractivity contribution in [1.82, 2.24) is 5.32 Å². The molecule has 3 rings (SSSR count). The Morgan fingerprint density at radius 3 is 2.44 bits per heavy atom. The summed E-state index contributed by atoms with van der Waals surface area (Å²) in [5, 5.41) is 8.51. The zero-order valence-electron chi connectivity index (χ0n) is 18.8. The van der Waals surface area contributed by atoms with Crippen molar-refractivity contribution in [3.05, 3.63) is 47.5 Å². The molecule has 8 heteroatoms. The number of aryl methyl sites for hydroxylation is 1. The SMILES string of the molecule is COc1cc(C(=O)Nc2cc(NC(=O)C3CC3)ccc2C)ccc1OCC(=O)NC(C)C. The van der Waals surface area contributed by atoms with Gasteiger partial charge >= 0.3 is 0 Å². The van der Waals surface area contributed by atoms with Crippen LogP contribution >= 0.6 is 0 Å². The van der Waals surface area contributed by atoms with Gasteiger partial charge < -0.3 is 25.4 Å². The molecule has 0 bridgehead atoms. The van der Waals surface area contributed by atoms with Crippen molar-refractivity contribution >= 4 is 29.1 Å². The van der Waals surface area contributed by atoms with Gasteiger partial charge in [-0.05, 0) is 69.5 Å². The number of rotatable bonds is 9. The van der Waals surface area contributed by atoms with Crippen LogP contribution in [-0.2, 0) is 9.59 Å². The lowest BCUT2D eigenvalue weighted by Gasteiger charge is -2.14. The van der Waals surface area contributed by atoms with E-state index < -0.39 is 0 Å². The average molecular weight is 440 g/mol. The Labute approximate surface area is 187 Å². The van der Waals surface area contributed by atoms with Crippen molar-refractivity contribution in [2.75, 3.05) is 24.4 Å². The second-order valence-electron chi connectivity index (χ2n) is 8.12. The summed E-state index contributed by atoms with van der Waals surface area (Å²) in [7, 11) is 1.47. The van der Waals surface area contributed by atoms with E-state index in [1.165, 1.54) is 7.11 Å². The Balaban J connectivity index is 1.68. The van der Waals surface area contributed by atoms with E-state index in [9.17, 15) is 14.4 Å². The van der Waals surface area contributed by atoms with Crippen molar-refractivity contribution in [2.45, 2.75) is 39.7 Å². The maximum atomic E-state index is 12.8. The van der Waals surface area contributed by atoms with Crippen LogP contribution in [-0.4, -0.2) is 37.5 Å². The van der Waals surface area contributed by atoms with Crippen molar-refractivity contribution in [3.8, 4) is 11.5 Å². The monoisotopic (exact) mass is 439 g/mol. The Morgan fingerprint density at radius 1 is 1.03 bits per heavy atom. The molecule has 1 saturated carbocycles. The molecular weight excluding hydrogens is 410 g/mol. The Bertz CT molecular complexity index is 1010. The minimum Gasteiger partial charge on any atom is -0.493 e. The fraction of sp³-hybridized carbons (Fsp3) is 0.375. The lowest BCUT2D eigenvalue weighted by molar-refractivity contribution is -0.123. The molecule has 0 saturated heterocycles. The van der Waals surface area contributed by atoms with Gasteiger partial charge in [0.05, 0.1) is 7.11 Å². The van der Waals surface area contributed by atoms with Gasteiger partial charge in [-0.3, -0.25) is 14.4 Å². The molecule has 0 radical (unpaired) electrons. The highest BCUT2D eigenvalue weighted by Crippen LogP contribution is 2.31. The van der Waals surface area contributed by atoms with E-state index in [-0.39, 0.29) is 36.3 Å². The van der Waals surface area contributed by atoms with E-state index >= 15 is 0 Å². The molecule has 1 aliphatic rings. The number of nitrogens with one attached hydrogen (secondary N) is 3. The molecule has 0 spiro atoms. The first-order chi connectivity index (χ1) is 15.3. The topological polar surface area (TPSA) is 106 Å². The average Bonchev–Trinajstić information content (AvgIpc) is 3.59. The normalized spacial score (nSPS) is 12.8. The second-order valence-corrected chi connectivity index (χ2v) is 8.12. The standard InChI is InChI=1S/C24H29N3O5/c1-14(2)25-22(28)13-32-20-10-8-17(11-21(20)31-4)24(30)27-19-12-18(9-5-15(19)3)26-23(29)16-6-7-16/h5,8-12,14,16H,6-7,13H2,1-4H3,(H,25,28)(H,26,29)(H,27,30). The lowest BCUT2D eigenvalue weighted by atomic mass is 10.1. The van der Waals surface area contributed by atoms with Crippen LogP contribution in [0.25, 0.3) is 0 Å². The van der Waals surface area contributed by atoms with Crippen molar-refractivity contribution in [1.29, 1.82) is 0 Å². The number of benzene rings is 2. The van der Waals surface area contributed by atoms with Crippen LogP contribution in [0.1, 0.15) is 42.6 Å². The lowest BCUT2D eigenvalue weighted by Crippen LogP contribution is -2.34. The van der Waals surface area contributed by atoms with Gasteiger partial charge in [0, 0.05) is 28.9 Å². The number of hydrogen-bond donors (Lipinski definition) is 3. The van der Waals surface area contributed by atoms with Crippen molar-refractivity contribution < 1.29 is 23.9 Å². The van der Waals surface area contributed by atoms with Gasteiger partial charge in [-0.25, -0.2) is 0 Å². The van der Waals surface area contributed by atoms with E-state index in [0.29, 0.717) is 28.4 Å². The van der Waals surface area contributed by atoms with Crippen LogP contribution in [0.5, 0.6) is 11.5 Å². The van der Waals surface area contributed by atoms with Crippen LogP contribution in [0.4, 0.5) is 11.4 Å². The maximum Gasteiger partial charge on any atom is 0.258 e. The molecule has 8 nitrogen and oxygen atoms in total. The van der Waals surface area contributed by atoms with E-state index in [1.807, 2.05) is 32.9 Å². The number of ether oxygens (including phenoxy) is 2. The van der Waals surface area contributed by atoms with Gasteiger partial charge in [0.2, 0.25) is 5.91 Å². The summed E-state index contributed by atoms with van der Waals surface area (Å²) < 4.78 is 10.9. The largest absolute Gasteiger partial charge is 0.493 e. The fourth-order valence-electron chi connectivity index (χ4n) is 3.05. The molecule has 2 aromatic rings. The van der Waals surface area contributed by atoms with Crippen LogP contribution in [0.15, 0.2) is 36.4 Å². The predicted octanol–water partition coefficient (Wildman–Crippen LogP) is 3.51. The molecule has 1 aliphatic carbocycles. The van der Waals surface area contributed by atoms with E-state index in [0.717, 1.165) is 18.4 Å². The number of amides is 3. The van der Waals surface area contributed by atoms with Gasteiger partial charge in [-0.15, -0.1) is 0 Å². The molecule has 2 aromatic carbocycles. The Hall–Kier alpha value is -3.55. The molecule has 3 amide bonds. The highest BCUT2D eigenvalue weighted by atomic mass is 16.5. The molecule has 0 aliphatic heterocycles. The molecule has 170 valence electrons. The summed E-state index contributed by atoms with van der Waals surface area (Å²) in [4.78, 5) is 36.6. The van der Waals surface area contributed by atoms with Crippen LogP contribution < -0.4 is 25.4 Å². The van der Waals surface area contributed by atoms with Crippen LogP contribution in [0.3, 0.4) is 0 Å². The summed E-state index contributed by atoms with van der Waals surface area (Å²) in [6.07, 6.45) is 1.84. The number of carbonyl (C=O) groups excluding carboxylic acids is 3. The highest BCUT2D eigenvalue weighted by Gasteiger charge is 2.29. The minimum absolute atomic E-state index is 0.00790. The highest BCUT2D eigenvalue weighted by molar-refractivity contribution is 6.05. The molecule has 0 heterocycles. The maximum absolute atomic E-state index is 12.8. The van der Waals surface area contributed by atoms with Crippen molar-refractivity contribution in [2.24, 2.45) is 5.92 Å². The first-order valence-electron chi connectivity index (χ1n) is 10.6. The van der Waals surface area contributed by atoms with Gasteiger partial charge in [-0.1, -0.05) is 6.07 Å². The summed E-state index contributed by atoms with van der Waals surface area (Å²) in [6.45, 7) is 5.45. The van der Waals surface area contributed by atoms with E-state index in [1.54, 1.807) is 24.3 Å². The zero-order valence-corrected chi connectivity index (χ0v) is 18.8. The predicted molar refractivity (Wildman–Crippen MR) is 122 cm³/mol. The molecule has 3 N–H and O–H groups in total. The molecule has 0 aromatic heterocycles. The first-order valence-corrected chi connectivity index (χ1v) is 10.6. The number of carbonyl (C=O) groups is 3. The van der Waals surface area contributed by atoms with Gasteiger partial charge in [0.1, 0.15) is 0 Å². The molecule has 0 atom stereocenters. The molecule has 0 unspecified atom stereocenters. The summed E-state index contributed by atoms with van der Waals surface area (Å²) >= 11 is 0. The third-order valence-electron chi connectivity index (χ3n) is 4.94. The van der Waals surface area contributed by atoms with Gasteiger partial charge in [-0.2, -0.15) is 0 Å². The third-order valence-corrected chi connectivity index (χ3v) is 4.94. The number of hydrogen-bond acceptors (Lipinski definition) is 5. The number of methoxy groups -OCH3 is 1. The Kier molecular flexibility index (Phi) is 7.35. The van der Waals surface area contributed by atoms with Crippen LogP contribution in [0.2, 0.25) is 0 Å². The molecular formula is C24H29N3O5. The fourth-order valence-corrected chi connectivity index (χ4v) is 3.05. The number of anilines is 2. The minimum atomic E-state index is -0.332. The molecule has 32 heavy (non-hydrogen) atoms. The molecule has 1 fully saturated rings.